The van der Waals surface area contributed by atoms with Crippen LogP contribution in [0.15, 0.2) is 12.4 Å². The second-order valence-corrected chi connectivity index (χ2v) is 14.5. The number of thioether (sulfide) groups is 1. The predicted molar refractivity (Wildman–Crippen MR) is 204 cm³/mol. The van der Waals surface area contributed by atoms with Crippen LogP contribution in [0.4, 0.5) is 0 Å². The van der Waals surface area contributed by atoms with Gasteiger partial charge in [-0.15, -0.1) is 0 Å². The third-order valence-electron chi connectivity index (χ3n) is 8.62. The van der Waals surface area contributed by atoms with Crippen molar-refractivity contribution >= 4 is 30.0 Å². The van der Waals surface area contributed by atoms with E-state index in [1.165, 1.54) is 95.2 Å². The summed E-state index contributed by atoms with van der Waals surface area (Å²) in [5, 5.41) is 0. The van der Waals surface area contributed by atoms with Crippen LogP contribution in [0.1, 0.15) is 162 Å². The molecule has 1 aliphatic heterocycles. The number of nitrogens with two attached hydrogens (primary N) is 1. The molecule has 1 rings (SSSR count). The standard InChI is InChI=1S/C32H60O5S.C7H15N3/c1-4-7-10-13-15-18-21-30(22-19-16-14-11-8-5-2)37-32(35)29(23-25-33)28-38-27-24-31(34)36-26-20-17-12-9-6-3;1-9-5-6-10(7-9)4-2-3-8/h25,29-30H,4-24,26-28H2,1-3H3;5-6H,2-4,7-8H2,1H3. The molecule has 0 spiro atoms. The number of rotatable bonds is 32. The van der Waals surface area contributed by atoms with Gasteiger partial charge in [0.1, 0.15) is 12.4 Å². The van der Waals surface area contributed by atoms with Crippen molar-refractivity contribution < 1.29 is 23.9 Å². The number of carbonyl (C=O) groups is 3. The van der Waals surface area contributed by atoms with Gasteiger partial charge in [0.2, 0.25) is 0 Å². The Labute approximate surface area is 300 Å². The molecule has 0 saturated carbocycles. The van der Waals surface area contributed by atoms with Crippen LogP contribution >= 0.6 is 11.8 Å². The van der Waals surface area contributed by atoms with E-state index in [2.05, 4.69) is 50.0 Å². The van der Waals surface area contributed by atoms with Crippen molar-refractivity contribution in [2.24, 2.45) is 11.7 Å². The first-order chi connectivity index (χ1) is 23.4. The number of ether oxygens (including phenoxy) is 2. The lowest BCUT2D eigenvalue weighted by Crippen LogP contribution is -2.26. The molecule has 0 fully saturated rings. The molecule has 0 bridgehead atoms. The molecule has 0 saturated heterocycles. The summed E-state index contributed by atoms with van der Waals surface area (Å²) in [4.78, 5) is 40.6. The highest BCUT2D eigenvalue weighted by atomic mass is 32.2. The molecule has 1 atom stereocenters. The van der Waals surface area contributed by atoms with E-state index in [1.807, 2.05) is 0 Å². The van der Waals surface area contributed by atoms with Crippen LogP contribution in [0.3, 0.4) is 0 Å². The number of unbranched alkanes of at least 4 members (excludes halogenated alkanes) is 14. The first kappa shape index (κ1) is 46.3. The highest BCUT2D eigenvalue weighted by molar-refractivity contribution is 7.99. The van der Waals surface area contributed by atoms with Crippen molar-refractivity contribution in [2.75, 3.05) is 44.9 Å². The third-order valence-corrected chi connectivity index (χ3v) is 9.75. The number of aldehydes is 1. The summed E-state index contributed by atoms with van der Waals surface area (Å²) in [6.07, 6.45) is 28.7. The van der Waals surface area contributed by atoms with Crippen LogP contribution in [-0.2, 0) is 23.9 Å². The zero-order chi connectivity index (χ0) is 35.5. The van der Waals surface area contributed by atoms with Gasteiger partial charge in [0, 0.05) is 43.9 Å². The molecule has 0 radical (unpaired) electrons. The molecular formula is C39H75N3O5S. The molecule has 48 heavy (non-hydrogen) atoms. The summed E-state index contributed by atoms with van der Waals surface area (Å²) in [7, 11) is 2.07. The third kappa shape index (κ3) is 29.2. The molecular weight excluding hydrogens is 623 g/mol. The molecule has 9 heteroatoms. The Balaban J connectivity index is 0.00000186. The molecule has 0 aliphatic carbocycles. The minimum absolute atomic E-state index is 0.0497. The van der Waals surface area contributed by atoms with Gasteiger partial charge in [0.25, 0.3) is 0 Å². The highest BCUT2D eigenvalue weighted by Gasteiger charge is 2.23. The first-order valence-corrected chi connectivity index (χ1v) is 20.8. The van der Waals surface area contributed by atoms with Crippen molar-refractivity contribution in [3.05, 3.63) is 12.4 Å². The largest absolute Gasteiger partial charge is 0.466 e. The van der Waals surface area contributed by atoms with Crippen molar-refractivity contribution in [2.45, 2.75) is 168 Å². The molecule has 0 aromatic rings. The Hall–Kier alpha value is -1.74. The smallest absolute Gasteiger partial charge is 0.310 e. The fourth-order valence-corrected chi connectivity index (χ4v) is 6.58. The lowest BCUT2D eigenvalue weighted by atomic mass is 10.0. The average Bonchev–Trinajstić information content (AvgIpc) is 3.50. The molecule has 282 valence electrons. The Morgan fingerprint density at radius 2 is 1.38 bits per heavy atom. The van der Waals surface area contributed by atoms with Crippen molar-refractivity contribution in [3.8, 4) is 0 Å². The highest BCUT2D eigenvalue weighted by Crippen LogP contribution is 2.21. The molecule has 0 amide bonds. The Kier molecular flexibility index (Phi) is 33.8. The van der Waals surface area contributed by atoms with Crippen molar-refractivity contribution in [1.82, 2.24) is 9.80 Å². The number of esters is 2. The minimum atomic E-state index is -0.441. The van der Waals surface area contributed by atoms with E-state index >= 15 is 0 Å². The number of nitrogens with zero attached hydrogens (tertiary/aromatic N) is 2. The fraction of sp³-hybridized carbons (Fsp3) is 0.872. The summed E-state index contributed by atoms with van der Waals surface area (Å²) < 4.78 is 11.3. The quantitative estimate of drug-likeness (QED) is 0.0419. The molecule has 8 nitrogen and oxygen atoms in total. The maximum atomic E-state index is 13.0. The molecule has 1 unspecified atom stereocenters. The predicted octanol–water partition coefficient (Wildman–Crippen LogP) is 9.25. The Morgan fingerprint density at radius 1 is 0.812 bits per heavy atom. The van der Waals surface area contributed by atoms with Crippen molar-refractivity contribution in [1.29, 1.82) is 0 Å². The molecule has 0 aromatic carbocycles. The van der Waals surface area contributed by atoms with Crippen LogP contribution < -0.4 is 5.73 Å². The number of carbonyl (C=O) groups excluding carboxylic acids is 3. The van der Waals surface area contributed by atoms with E-state index in [0.29, 0.717) is 24.5 Å². The maximum Gasteiger partial charge on any atom is 0.310 e. The zero-order valence-corrected chi connectivity index (χ0v) is 32.4. The van der Waals surface area contributed by atoms with E-state index in [9.17, 15) is 14.4 Å². The lowest BCUT2D eigenvalue weighted by Gasteiger charge is -2.21. The van der Waals surface area contributed by atoms with Gasteiger partial charge in [-0.05, 0) is 45.1 Å². The van der Waals surface area contributed by atoms with Crippen LogP contribution in [0.25, 0.3) is 0 Å². The van der Waals surface area contributed by atoms with E-state index < -0.39 is 5.92 Å². The van der Waals surface area contributed by atoms with Crippen LogP contribution in [0, 0.1) is 5.92 Å². The van der Waals surface area contributed by atoms with Gasteiger partial charge in [-0.3, -0.25) is 9.59 Å². The minimum Gasteiger partial charge on any atom is -0.466 e. The van der Waals surface area contributed by atoms with E-state index in [1.54, 1.807) is 0 Å². The summed E-state index contributed by atoms with van der Waals surface area (Å²) in [5.41, 5.74) is 5.38. The zero-order valence-electron chi connectivity index (χ0n) is 31.6. The van der Waals surface area contributed by atoms with Gasteiger partial charge in [-0.25, -0.2) is 0 Å². The molecule has 1 heterocycles. The summed E-state index contributed by atoms with van der Waals surface area (Å²) in [6, 6.07) is 0. The average molecular weight is 698 g/mol. The summed E-state index contributed by atoms with van der Waals surface area (Å²) in [5.74, 6) is 0.226. The molecule has 1 aliphatic rings. The summed E-state index contributed by atoms with van der Waals surface area (Å²) >= 11 is 1.53. The summed E-state index contributed by atoms with van der Waals surface area (Å²) in [6.45, 7) is 10.0. The lowest BCUT2D eigenvalue weighted by molar-refractivity contribution is -0.154. The van der Waals surface area contributed by atoms with Gasteiger partial charge >= 0.3 is 11.9 Å². The van der Waals surface area contributed by atoms with E-state index in [0.717, 1.165) is 71.0 Å². The van der Waals surface area contributed by atoms with Gasteiger partial charge in [0.15, 0.2) is 0 Å². The topological polar surface area (TPSA) is 102 Å². The van der Waals surface area contributed by atoms with Crippen molar-refractivity contribution in [3.63, 3.8) is 0 Å². The van der Waals surface area contributed by atoms with E-state index in [4.69, 9.17) is 15.2 Å². The molecule has 2 N–H and O–H groups in total. The van der Waals surface area contributed by atoms with Crippen LogP contribution in [0.5, 0.6) is 0 Å². The SMILES string of the molecule is CCCCCCCCC(CCCCCCCC)OC(=O)C(CC=O)CSCCC(=O)OCCCCCCC.CN1C=CN(CCCN)C1. The second kappa shape index (κ2) is 35.1. The monoisotopic (exact) mass is 698 g/mol. The van der Waals surface area contributed by atoms with Gasteiger partial charge in [-0.2, -0.15) is 11.8 Å². The molecule has 0 aromatic heterocycles. The van der Waals surface area contributed by atoms with Gasteiger partial charge < -0.3 is 29.8 Å². The number of hydrogen-bond donors (Lipinski definition) is 1. The second-order valence-electron chi connectivity index (χ2n) is 13.4. The fourth-order valence-electron chi connectivity index (χ4n) is 5.55. The van der Waals surface area contributed by atoms with E-state index in [-0.39, 0.29) is 24.5 Å². The Bertz CT molecular complexity index is 769. The van der Waals surface area contributed by atoms with Gasteiger partial charge in [-0.1, -0.05) is 111 Å². The Morgan fingerprint density at radius 3 is 1.90 bits per heavy atom. The maximum absolute atomic E-state index is 13.0. The van der Waals surface area contributed by atoms with Crippen LogP contribution in [0.2, 0.25) is 0 Å². The van der Waals surface area contributed by atoms with Gasteiger partial charge in [0.05, 0.1) is 25.6 Å². The number of hydrogen-bond acceptors (Lipinski definition) is 9. The van der Waals surface area contributed by atoms with Crippen LogP contribution in [-0.4, -0.2) is 79.0 Å². The first-order valence-electron chi connectivity index (χ1n) is 19.6. The normalized spacial score (nSPS) is 13.0.